The van der Waals surface area contributed by atoms with Crippen molar-refractivity contribution in [1.82, 2.24) is 15.6 Å². The largest absolute Gasteiger partial charge is 0.481 e. The van der Waals surface area contributed by atoms with Crippen molar-refractivity contribution in [2.45, 2.75) is 13.1 Å². The number of guanidine groups is 1. The van der Waals surface area contributed by atoms with E-state index in [2.05, 4.69) is 32.1 Å². The number of nitrogens with one attached hydrogen (secondary N) is 2. The van der Waals surface area contributed by atoms with Crippen LogP contribution in [0, 0.1) is 0 Å². The van der Waals surface area contributed by atoms with Gasteiger partial charge in [-0.05, 0) is 23.1 Å². The Hall–Kier alpha value is -2.08. The molecule has 0 fully saturated rings. The Morgan fingerprint density at radius 1 is 1.35 bits per heavy atom. The van der Waals surface area contributed by atoms with E-state index in [1.165, 1.54) is 4.88 Å². The molecule has 0 saturated carbocycles. The van der Waals surface area contributed by atoms with Crippen LogP contribution in [0.2, 0.25) is 0 Å². The van der Waals surface area contributed by atoms with Crippen LogP contribution in [-0.2, 0) is 13.1 Å². The van der Waals surface area contributed by atoms with Crippen LogP contribution in [0.5, 0.6) is 5.88 Å². The zero-order valence-electron chi connectivity index (χ0n) is 11.6. The fraction of sp³-hybridized carbons (Fsp3) is 0.286. The van der Waals surface area contributed by atoms with E-state index in [1.54, 1.807) is 31.7 Å². The minimum atomic E-state index is 0.617. The number of methoxy groups -OCH3 is 1. The average Bonchev–Trinajstić information content (AvgIpc) is 3.01. The summed E-state index contributed by atoms with van der Waals surface area (Å²) in [5, 5.41) is 8.60. The van der Waals surface area contributed by atoms with E-state index in [1.807, 2.05) is 18.2 Å². The highest BCUT2D eigenvalue weighted by molar-refractivity contribution is 7.09. The fourth-order valence-corrected chi connectivity index (χ4v) is 2.31. The lowest BCUT2D eigenvalue weighted by Crippen LogP contribution is -2.36. The Labute approximate surface area is 122 Å². The molecule has 0 saturated heterocycles. The molecule has 106 valence electrons. The highest BCUT2D eigenvalue weighted by Gasteiger charge is 2.01. The molecule has 0 radical (unpaired) electrons. The van der Waals surface area contributed by atoms with Crippen molar-refractivity contribution in [3.05, 3.63) is 46.3 Å². The SMILES string of the molecule is CN=C(NCc1ccnc(OC)c1)NCc1cccs1. The number of ether oxygens (including phenoxy) is 1. The molecule has 2 heterocycles. The maximum absolute atomic E-state index is 5.10. The van der Waals surface area contributed by atoms with Gasteiger partial charge >= 0.3 is 0 Å². The Bertz CT molecular complexity index is 554. The molecule has 2 N–H and O–H groups in total. The van der Waals surface area contributed by atoms with Crippen molar-refractivity contribution in [1.29, 1.82) is 0 Å². The van der Waals surface area contributed by atoms with Crippen LogP contribution in [0.1, 0.15) is 10.4 Å². The number of hydrogen-bond donors (Lipinski definition) is 2. The molecule has 0 aliphatic rings. The molecular weight excluding hydrogens is 272 g/mol. The Balaban J connectivity index is 1.84. The van der Waals surface area contributed by atoms with Gasteiger partial charge in [-0.25, -0.2) is 4.98 Å². The summed E-state index contributed by atoms with van der Waals surface area (Å²) >= 11 is 1.72. The fourth-order valence-electron chi connectivity index (χ4n) is 1.66. The smallest absolute Gasteiger partial charge is 0.213 e. The number of aliphatic imine (C=N–C) groups is 1. The van der Waals surface area contributed by atoms with Gasteiger partial charge in [0, 0.05) is 30.7 Å². The van der Waals surface area contributed by atoms with Crippen LogP contribution < -0.4 is 15.4 Å². The van der Waals surface area contributed by atoms with Gasteiger partial charge in [-0.3, -0.25) is 4.99 Å². The first-order valence-electron chi connectivity index (χ1n) is 6.27. The van der Waals surface area contributed by atoms with Gasteiger partial charge in [0.15, 0.2) is 5.96 Å². The molecule has 20 heavy (non-hydrogen) atoms. The normalized spacial score (nSPS) is 11.2. The summed E-state index contributed by atoms with van der Waals surface area (Å²) in [6, 6.07) is 7.99. The lowest BCUT2D eigenvalue weighted by atomic mass is 10.2. The van der Waals surface area contributed by atoms with Gasteiger partial charge in [0.25, 0.3) is 0 Å². The summed E-state index contributed by atoms with van der Waals surface area (Å²) in [4.78, 5) is 9.55. The molecule has 0 amide bonds. The summed E-state index contributed by atoms with van der Waals surface area (Å²) in [6.45, 7) is 1.44. The molecule has 0 aliphatic carbocycles. The first-order chi connectivity index (χ1) is 9.81. The van der Waals surface area contributed by atoms with Crippen LogP contribution >= 0.6 is 11.3 Å². The number of thiophene rings is 1. The van der Waals surface area contributed by atoms with E-state index < -0.39 is 0 Å². The van der Waals surface area contributed by atoms with Gasteiger partial charge in [0.05, 0.1) is 13.7 Å². The monoisotopic (exact) mass is 290 g/mol. The molecule has 0 spiro atoms. The molecule has 2 aromatic rings. The highest BCUT2D eigenvalue weighted by Crippen LogP contribution is 2.08. The quantitative estimate of drug-likeness (QED) is 0.653. The van der Waals surface area contributed by atoms with E-state index in [-0.39, 0.29) is 0 Å². The Kier molecular flexibility index (Phi) is 5.37. The molecule has 5 nitrogen and oxygen atoms in total. The first kappa shape index (κ1) is 14.3. The second kappa shape index (κ2) is 7.49. The van der Waals surface area contributed by atoms with Gasteiger partial charge in [0.1, 0.15) is 0 Å². The van der Waals surface area contributed by atoms with Crippen LogP contribution in [-0.4, -0.2) is 25.1 Å². The Morgan fingerprint density at radius 3 is 2.90 bits per heavy atom. The van der Waals surface area contributed by atoms with E-state index in [9.17, 15) is 0 Å². The topological polar surface area (TPSA) is 58.5 Å². The van der Waals surface area contributed by atoms with Crippen molar-refractivity contribution in [3.63, 3.8) is 0 Å². The molecule has 0 bridgehead atoms. The third-order valence-corrected chi connectivity index (χ3v) is 3.58. The van der Waals surface area contributed by atoms with Gasteiger partial charge in [-0.15, -0.1) is 11.3 Å². The summed E-state index contributed by atoms with van der Waals surface area (Å²) in [5.74, 6) is 1.39. The number of hydrogen-bond acceptors (Lipinski definition) is 4. The third-order valence-electron chi connectivity index (χ3n) is 2.70. The predicted octanol–water partition coefficient (Wildman–Crippen LogP) is 2.02. The molecule has 0 unspecified atom stereocenters. The zero-order valence-corrected chi connectivity index (χ0v) is 12.4. The minimum absolute atomic E-state index is 0.617. The van der Waals surface area contributed by atoms with Crippen molar-refractivity contribution < 1.29 is 4.74 Å². The standard InChI is InChI=1S/C14H18N4OS/c1-15-14(18-10-12-4-3-7-20-12)17-9-11-5-6-16-13(8-11)19-2/h3-8H,9-10H2,1-2H3,(H2,15,17,18). The van der Waals surface area contributed by atoms with Crippen molar-refractivity contribution >= 4 is 17.3 Å². The Morgan fingerprint density at radius 2 is 2.20 bits per heavy atom. The zero-order chi connectivity index (χ0) is 14.2. The summed E-state index contributed by atoms with van der Waals surface area (Å²) in [6.07, 6.45) is 1.73. The second-order valence-electron chi connectivity index (χ2n) is 4.07. The molecule has 0 atom stereocenters. The summed E-state index contributed by atoms with van der Waals surface area (Å²) in [5.41, 5.74) is 1.09. The van der Waals surface area contributed by atoms with Crippen molar-refractivity contribution in [2.24, 2.45) is 4.99 Å². The average molecular weight is 290 g/mol. The van der Waals surface area contributed by atoms with E-state index >= 15 is 0 Å². The van der Waals surface area contributed by atoms with Gasteiger partial charge in [-0.1, -0.05) is 6.07 Å². The molecule has 0 aromatic carbocycles. The number of rotatable bonds is 5. The van der Waals surface area contributed by atoms with Crippen LogP contribution in [0.3, 0.4) is 0 Å². The number of pyridine rings is 1. The van der Waals surface area contributed by atoms with E-state index in [4.69, 9.17) is 4.74 Å². The van der Waals surface area contributed by atoms with Crippen molar-refractivity contribution in [3.8, 4) is 5.88 Å². The summed E-state index contributed by atoms with van der Waals surface area (Å²) in [7, 11) is 3.37. The number of aromatic nitrogens is 1. The second-order valence-corrected chi connectivity index (χ2v) is 5.10. The predicted molar refractivity (Wildman–Crippen MR) is 82.1 cm³/mol. The van der Waals surface area contributed by atoms with E-state index in [0.29, 0.717) is 12.4 Å². The molecule has 6 heteroatoms. The van der Waals surface area contributed by atoms with Crippen LogP contribution in [0.15, 0.2) is 40.8 Å². The van der Waals surface area contributed by atoms with Gasteiger partial charge in [-0.2, -0.15) is 0 Å². The van der Waals surface area contributed by atoms with Gasteiger partial charge in [0.2, 0.25) is 5.88 Å². The summed E-state index contributed by atoms with van der Waals surface area (Å²) < 4.78 is 5.10. The van der Waals surface area contributed by atoms with E-state index in [0.717, 1.165) is 18.1 Å². The molecule has 2 aromatic heterocycles. The van der Waals surface area contributed by atoms with Crippen LogP contribution in [0.4, 0.5) is 0 Å². The lowest BCUT2D eigenvalue weighted by molar-refractivity contribution is 0.397. The van der Waals surface area contributed by atoms with Crippen LogP contribution in [0.25, 0.3) is 0 Å². The lowest BCUT2D eigenvalue weighted by Gasteiger charge is -2.11. The van der Waals surface area contributed by atoms with Gasteiger partial charge < -0.3 is 15.4 Å². The molecular formula is C14H18N4OS. The minimum Gasteiger partial charge on any atom is -0.481 e. The maximum atomic E-state index is 5.10. The molecule has 0 aliphatic heterocycles. The maximum Gasteiger partial charge on any atom is 0.213 e. The third kappa shape index (κ3) is 4.24. The highest BCUT2D eigenvalue weighted by atomic mass is 32.1. The number of nitrogens with zero attached hydrogens (tertiary/aromatic N) is 2. The first-order valence-corrected chi connectivity index (χ1v) is 7.15. The van der Waals surface area contributed by atoms with Crippen molar-refractivity contribution in [2.75, 3.05) is 14.2 Å². The molecule has 2 rings (SSSR count).